The van der Waals surface area contributed by atoms with Crippen LogP contribution in [0.4, 0.5) is 39.8 Å². The average Bonchev–Trinajstić information content (AvgIpc) is 3.35. The van der Waals surface area contributed by atoms with Gasteiger partial charge in [-0.15, -0.1) is 0 Å². The van der Waals surface area contributed by atoms with Gasteiger partial charge in [0, 0.05) is 33.5 Å². The highest BCUT2D eigenvalue weighted by molar-refractivity contribution is 6.29. The van der Waals surface area contributed by atoms with E-state index in [0.29, 0.717) is 34.9 Å². The Morgan fingerprint density at radius 1 is 0.484 bits per heavy atom. The Kier molecular flexibility index (Phi) is 11.3. The molecule has 0 radical (unpaired) electrons. The summed E-state index contributed by atoms with van der Waals surface area (Å²) in [5.74, 6) is 1.80. The smallest absolute Gasteiger partial charge is 0.187 e. The molecule has 4 nitrogen and oxygen atoms in total. The zero-order valence-corrected chi connectivity index (χ0v) is 37.9. The van der Waals surface area contributed by atoms with Crippen molar-refractivity contribution < 1.29 is 0 Å². The molecule has 0 unspecified atom stereocenters. The summed E-state index contributed by atoms with van der Waals surface area (Å²) in [5.41, 5.74) is 13.5. The van der Waals surface area contributed by atoms with Crippen LogP contribution in [-0.4, -0.2) is 0 Å². The standard InChI is InChI=1S/C60H58N4/c1-39(2)42-18-26-48(27-19-42)63(47-24-16-41(38-61)17-25-47)57-36-55(44-12-8-6-9-13-44)51-33-35-54-58(37-56(45-14-10-7-11-15-45)52-32-34-53(57)59(51)60(52)54)64(50-30-22-46(62-5)23-31-50)49-28-20-43(21-29-49)40(3)4/h16-37,39-40,44-45H,6-15H2,1-4H3. The number of hydrogen-bond acceptors (Lipinski definition) is 3. The van der Waals surface area contributed by atoms with Gasteiger partial charge in [-0.05, 0) is 166 Å². The van der Waals surface area contributed by atoms with Crippen LogP contribution in [0, 0.1) is 17.9 Å². The predicted molar refractivity (Wildman–Crippen MR) is 270 cm³/mol. The van der Waals surface area contributed by atoms with Crippen LogP contribution >= 0.6 is 0 Å². The maximum Gasteiger partial charge on any atom is 0.187 e. The molecule has 0 aromatic heterocycles. The Bertz CT molecular complexity index is 2800. The summed E-state index contributed by atoms with van der Waals surface area (Å²) < 4.78 is 0. The van der Waals surface area contributed by atoms with Crippen LogP contribution in [0.15, 0.2) is 133 Å². The molecule has 0 bridgehead atoms. The van der Waals surface area contributed by atoms with Gasteiger partial charge < -0.3 is 9.80 Å². The second-order valence-electron chi connectivity index (χ2n) is 19.2. The molecule has 2 fully saturated rings. The summed E-state index contributed by atoms with van der Waals surface area (Å²) >= 11 is 0. The third-order valence-electron chi connectivity index (χ3n) is 14.6. The van der Waals surface area contributed by atoms with Gasteiger partial charge in [0.15, 0.2) is 5.69 Å². The zero-order valence-electron chi connectivity index (χ0n) is 37.9. The highest BCUT2D eigenvalue weighted by Gasteiger charge is 2.29. The van der Waals surface area contributed by atoms with E-state index in [4.69, 9.17) is 6.57 Å². The third kappa shape index (κ3) is 7.54. The van der Waals surface area contributed by atoms with Gasteiger partial charge in [0.05, 0.1) is 29.6 Å². The van der Waals surface area contributed by atoms with Gasteiger partial charge in [0.25, 0.3) is 0 Å². The lowest BCUT2D eigenvalue weighted by Crippen LogP contribution is -2.14. The van der Waals surface area contributed by atoms with E-state index in [1.54, 1.807) is 0 Å². The Balaban J connectivity index is 1.31. The number of benzene rings is 8. The Labute approximate surface area is 379 Å². The molecule has 10 rings (SSSR count). The summed E-state index contributed by atoms with van der Waals surface area (Å²) in [5, 5.41) is 17.8. The van der Waals surface area contributed by atoms with Gasteiger partial charge in [-0.25, -0.2) is 4.85 Å². The molecular weight excluding hydrogens is 777 g/mol. The van der Waals surface area contributed by atoms with Crippen LogP contribution in [0.5, 0.6) is 0 Å². The molecule has 0 saturated heterocycles. The average molecular weight is 835 g/mol. The Morgan fingerprint density at radius 3 is 1.20 bits per heavy atom. The van der Waals surface area contributed by atoms with Crippen LogP contribution < -0.4 is 9.80 Å². The van der Waals surface area contributed by atoms with Crippen molar-refractivity contribution in [3.63, 3.8) is 0 Å². The third-order valence-corrected chi connectivity index (χ3v) is 14.6. The van der Waals surface area contributed by atoms with E-state index in [-0.39, 0.29) is 0 Å². The van der Waals surface area contributed by atoms with Crippen LogP contribution in [0.25, 0.3) is 37.2 Å². The first-order valence-electron chi connectivity index (χ1n) is 23.9. The first-order chi connectivity index (χ1) is 31.3. The first kappa shape index (κ1) is 41.4. The topological polar surface area (TPSA) is 34.6 Å². The first-order valence-corrected chi connectivity index (χ1v) is 23.9. The quantitative estimate of drug-likeness (QED) is 0.102. The predicted octanol–water partition coefficient (Wildman–Crippen LogP) is 18.3. The van der Waals surface area contributed by atoms with Crippen molar-refractivity contribution in [2.75, 3.05) is 9.80 Å². The van der Waals surface area contributed by atoms with Gasteiger partial charge in [-0.3, -0.25) is 0 Å². The molecule has 2 aliphatic rings. The molecule has 4 heteroatoms. The summed E-state index contributed by atoms with van der Waals surface area (Å²) in [4.78, 5) is 8.68. The summed E-state index contributed by atoms with van der Waals surface area (Å²) in [6.45, 7) is 16.8. The molecule has 8 aromatic carbocycles. The molecule has 2 aliphatic carbocycles. The minimum absolute atomic E-state index is 0.427. The molecule has 0 N–H and O–H groups in total. The minimum Gasteiger partial charge on any atom is -0.310 e. The van der Waals surface area contributed by atoms with Crippen molar-refractivity contribution in [2.45, 2.75) is 116 Å². The molecule has 64 heavy (non-hydrogen) atoms. The fourth-order valence-electron chi connectivity index (χ4n) is 11.1. The molecule has 2 saturated carbocycles. The van der Waals surface area contributed by atoms with Gasteiger partial charge in [-0.2, -0.15) is 5.26 Å². The zero-order chi connectivity index (χ0) is 43.9. The molecule has 0 amide bonds. The van der Waals surface area contributed by atoms with Crippen LogP contribution in [0.3, 0.4) is 0 Å². The number of nitriles is 1. The fourth-order valence-corrected chi connectivity index (χ4v) is 11.1. The number of rotatable bonds is 10. The summed E-state index contributed by atoms with van der Waals surface area (Å²) in [6.07, 6.45) is 12.4. The van der Waals surface area contributed by atoms with Crippen molar-refractivity contribution >= 4 is 72.1 Å². The lowest BCUT2D eigenvalue weighted by Gasteiger charge is -2.33. The lowest BCUT2D eigenvalue weighted by atomic mass is 9.77. The molecule has 0 aliphatic heterocycles. The van der Waals surface area contributed by atoms with E-state index in [1.165, 1.54) is 130 Å². The summed E-state index contributed by atoms with van der Waals surface area (Å²) in [7, 11) is 0. The van der Waals surface area contributed by atoms with Crippen molar-refractivity contribution in [1.82, 2.24) is 0 Å². The second-order valence-corrected chi connectivity index (χ2v) is 19.2. The Hall–Kier alpha value is -6.62. The second kappa shape index (κ2) is 17.5. The Morgan fingerprint density at radius 2 is 0.844 bits per heavy atom. The normalized spacial score (nSPS) is 15.0. The number of nitrogens with zero attached hydrogens (tertiary/aromatic N) is 4. The van der Waals surface area contributed by atoms with Crippen LogP contribution in [0.1, 0.15) is 143 Å². The maximum absolute atomic E-state index is 9.86. The van der Waals surface area contributed by atoms with Crippen molar-refractivity contribution in [2.24, 2.45) is 0 Å². The van der Waals surface area contributed by atoms with E-state index in [9.17, 15) is 5.26 Å². The lowest BCUT2D eigenvalue weighted by molar-refractivity contribution is 0.445. The van der Waals surface area contributed by atoms with Crippen molar-refractivity contribution in [3.05, 3.63) is 173 Å². The van der Waals surface area contributed by atoms with Crippen LogP contribution in [-0.2, 0) is 0 Å². The van der Waals surface area contributed by atoms with E-state index >= 15 is 0 Å². The summed E-state index contributed by atoms with van der Waals surface area (Å²) in [6, 6.07) is 51.8. The molecule has 8 aromatic rings. The number of anilines is 6. The van der Waals surface area contributed by atoms with E-state index in [1.807, 2.05) is 24.3 Å². The molecule has 0 spiro atoms. The molecule has 0 atom stereocenters. The highest BCUT2D eigenvalue weighted by atomic mass is 15.2. The minimum atomic E-state index is 0.427. The van der Waals surface area contributed by atoms with Gasteiger partial charge in [0.1, 0.15) is 0 Å². The van der Waals surface area contributed by atoms with Gasteiger partial charge in [-0.1, -0.05) is 127 Å². The largest absolute Gasteiger partial charge is 0.310 e. The van der Waals surface area contributed by atoms with E-state index in [2.05, 4.69) is 158 Å². The molecule has 0 heterocycles. The van der Waals surface area contributed by atoms with E-state index in [0.717, 1.165) is 22.7 Å². The fraction of sp³-hybridized carbons (Fsp3) is 0.300. The molecular formula is C60H58N4. The SMILES string of the molecule is [C-]#[N+]c1ccc(N(c2ccc(C(C)C)cc2)c2cc(C3CCCCC3)c3ccc4c(N(c5ccc(C#N)cc5)c5ccc(C(C)C)cc5)cc(C5CCCCC5)c5ccc2c3c54)cc1. The van der Waals surface area contributed by atoms with Crippen LogP contribution in [0.2, 0.25) is 0 Å². The molecule has 318 valence electrons. The van der Waals surface area contributed by atoms with Gasteiger partial charge >= 0.3 is 0 Å². The number of hydrogen-bond donors (Lipinski definition) is 0. The van der Waals surface area contributed by atoms with Crippen molar-refractivity contribution in [3.8, 4) is 6.07 Å². The van der Waals surface area contributed by atoms with Crippen molar-refractivity contribution in [1.29, 1.82) is 5.26 Å². The van der Waals surface area contributed by atoms with Gasteiger partial charge in [0.2, 0.25) is 0 Å². The van der Waals surface area contributed by atoms with E-state index < -0.39 is 0 Å². The monoisotopic (exact) mass is 834 g/mol. The maximum atomic E-state index is 9.86. The highest BCUT2D eigenvalue weighted by Crippen LogP contribution is 2.53.